The minimum absolute atomic E-state index is 0.0187. The Morgan fingerprint density at radius 1 is 0.962 bits per heavy atom. The van der Waals surface area contributed by atoms with Gasteiger partial charge in [0.1, 0.15) is 23.9 Å². The van der Waals surface area contributed by atoms with Gasteiger partial charge in [0, 0.05) is 32.9 Å². The maximum Gasteiger partial charge on any atom is 0.245 e. The van der Waals surface area contributed by atoms with Crippen LogP contribution in [0, 0.1) is 5.82 Å². The fraction of sp³-hybridized carbons (Fsp3) is 0.545. The van der Waals surface area contributed by atoms with Gasteiger partial charge in [-0.1, -0.05) is 25.1 Å². The summed E-state index contributed by atoms with van der Waals surface area (Å²) in [5.74, 6) is -7.74. The molecule has 1 saturated heterocycles. The number of β-amino-alcohol motifs (C(OH)–C–C–N with tert-alkyl or cyclic N) is 1. The summed E-state index contributed by atoms with van der Waals surface area (Å²) in [6, 6.07) is 1.38. The van der Waals surface area contributed by atoms with Crippen molar-refractivity contribution >= 4 is 53.2 Å². The molecule has 10 N–H and O–H groups in total. The predicted octanol–water partition coefficient (Wildman–Crippen LogP) is -4.03. The van der Waals surface area contributed by atoms with Gasteiger partial charge >= 0.3 is 0 Å². The molecule has 0 saturated carbocycles. The number of aliphatic hydroxyl groups is 1. The Balaban J connectivity index is 2.45. The molecule has 53 heavy (non-hydrogen) atoms. The number of nitrogens with zero attached hydrogens (tertiary/aromatic N) is 1. The van der Waals surface area contributed by atoms with Crippen LogP contribution in [0.4, 0.5) is 4.39 Å². The van der Waals surface area contributed by atoms with E-state index in [1.165, 1.54) is 25.1 Å². The summed E-state index contributed by atoms with van der Waals surface area (Å²) in [6.45, 7) is -0.0783. The van der Waals surface area contributed by atoms with Crippen LogP contribution in [0.2, 0.25) is 0 Å². The minimum Gasteiger partial charge on any atom is -0.391 e. The average Bonchev–Trinajstić information content (AvgIpc) is 3.11. The Bertz CT molecular complexity index is 1510. The molecule has 4 unspecified atom stereocenters. The summed E-state index contributed by atoms with van der Waals surface area (Å²) >= 11 is 0. The molecule has 1 aromatic rings. The van der Waals surface area contributed by atoms with Crippen LogP contribution in [-0.4, -0.2) is 127 Å². The topological polar surface area (TPSA) is 287 Å². The molecule has 1 aliphatic rings. The van der Waals surface area contributed by atoms with Crippen LogP contribution in [0.15, 0.2) is 24.3 Å². The predicted molar refractivity (Wildman–Crippen MR) is 184 cm³/mol. The quantitative estimate of drug-likeness (QED) is 0.118. The number of nitrogens with one attached hydrogen (secondary N) is 7. The summed E-state index contributed by atoms with van der Waals surface area (Å²) in [5.41, 5.74) is 5.43. The monoisotopic (exact) mass is 749 g/mol. The van der Waals surface area contributed by atoms with Gasteiger partial charge < -0.3 is 53.0 Å². The summed E-state index contributed by atoms with van der Waals surface area (Å²) < 4.78 is 14.6. The van der Waals surface area contributed by atoms with Crippen molar-refractivity contribution in [3.63, 3.8) is 0 Å². The highest BCUT2D eigenvalue weighted by molar-refractivity contribution is 5.95. The first-order valence-electron chi connectivity index (χ1n) is 17.0. The molecule has 0 bridgehead atoms. The number of amides is 9. The van der Waals surface area contributed by atoms with Gasteiger partial charge in [-0.3, -0.25) is 43.2 Å². The molecule has 292 valence electrons. The number of primary amides is 1. The van der Waals surface area contributed by atoms with E-state index >= 15 is 0 Å². The van der Waals surface area contributed by atoms with Crippen molar-refractivity contribution < 1.29 is 52.6 Å². The zero-order chi connectivity index (χ0) is 39.5. The average molecular weight is 750 g/mol. The van der Waals surface area contributed by atoms with Crippen LogP contribution in [0.1, 0.15) is 51.5 Å². The van der Waals surface area contributed by atoms with Gasteiger partial charge in [-0.15, -0.1) is 0 Å². The van der Waals surface area contributed by atoms with E-state index in [4.69, 9.17) is 5.73 Å². The zero-order valence-corrected chi connectivity index (χ0v) is 29.6. The molecule has 1 heterocycles. The second kappa shape index (κ2) is 22.3. The van der Waals surface area contributed by atoms with Crippen molar-refractivity contribution in [3.8, 4) is 0 Å². The Kier molecular flexibility index (Phi) is 18.3. The molecule has 1 aromatic carbocycles. The van der Waals surface area contributed by atoms with Crippen molar-refractivity contribution in [1.82, 2.24) is 42.1 Å². The SMILES string of the molecule is CCC(O)CN1CC(=O)NC(Cc2ccccc2F)C(=O)NCC(=O)NCC(=O)NC(C(N)=O)CCCNC(=O)CCC(NC(=O)CNC(C)=O)C1=O. The van der Waals surface area contributed by atoms with Gasteiger partial charge in [0.15, 0.2) is 0 Å². The summed E-state index contributed by atoms with van der Waals surface area (Å²) in [6.07, 6.45) is -1.75. The molecule has 0 radical (unpaired) electrons. The van der Waals surface area contributed by atoms with Crippen LogP contribution >= 0.6 is 0 Å². The van der Waals surface area contributed by atoms with Crippen LogP contribution in [0.3, 0.4) is 0 Å². The van der Waals surface area contributed by atoms with Gasteiger partial charge in [-0.05, 0) is 37.3 Å². The van der Waals surface area contributed by atoms with Crippen molar-refractivity contribution in [1.29, 1.82) is 0 Å². The Morgan fingerprint density at radius 3 is 2.32 bits per heavy atom. The molecule has 20 heteroatoms. The van der Waals surface area contributed by atoms with E-state index in [0.29, 0.717) is 0 Å². The number of hydrogen-bond donors (Lipinski definition) is 9. The van der Waals surface area contributed by atoms with Crippen LogP contribution in [0.5, 0.6) is 0 Å². The summed E-state index contributed by atoms with van der Waals surface area (Å²) in [4.78, 5) is 115. The van der Waals surface area contributed by atoms with Crippen LogP contribution in [0.25, 0.3) is 0 Å². The summed E-state index contributed by atoms with van der Waals surface area (Å²) in [7, 11) is 0. The standard InChI is InChI=1S/C33H48FN9O10/c1-3-21(45)17-43-18-30(50)42-25(13-20-7-4-5-8-22(20)34)32(52)39-14-27(47)38-16-29(49)40-23(31(35)51)9-6-12-36-26(46)11-10-24(33(43)53)41-28(48)15-37-19(2)44/h4-5,7-8,21,23-25,45H,3,6,9-18H2,1-2H3,(H2,35,51)(H,36,46)(H,37,44)(H,38,47)(H,39,52)(H,40,49)(H,41,48)(H,42,50). The molecular weight excluding hydrogens is 701 g/mol. The first-order chi connectivity index (χ1) is 25.1. The lowest BCUT2D eigenvalue weighted by Gasteiger charge is -2.30. The molecule has 0 aromatic heterocycles. The molecule has 1 fully saturated rings. The van der Waals surface area contributed by atoms with Gasteiger partial charge in [0.25, 0.3) is 0 Å². The molecule has 1 aliphatic heterocycles. The second-order valence-electron chi connectivity index (χ2n) is 12.3. The highest BCUT2D eigenvalue weighted by atomic mass is 19.1. The largest absolute Gasteiger partial charge is 0.391 e. The third-order valence-electron chi connectivity index (χ3n) is 7.91. The van der Waals surface area contributed by atoms with E-state index in [0.717, 1.165) is 11.0 Å². The minimum atomic E-state index is -1.49. The molecule has 9 amide bonds. The molecular formula is C33H48FN9O10. The fourth-order valence-electron chi connectivity index (χ4n) is 5.01. The Morgan fingerprint density at radius 2 is 1.66 bits per heavy atom. The molecule has 2 rings (SSSR count). The second-order valence-corrected chi connectivity index (χ2v) is 12.3. The number of carbonyl (C=O) groups is 9. The highest BCUT2D eigenvalue weighted by Crippen LogP contribution is 2.11. The van der Waals surface area contributed by atoms with Gasteiger partial charge in [-0.25, -0.2) is 4.39 Å². The number of halogens is 1. The van der Waals surface area contributed by atoms with Crippen LogP contribution < -0.4 is 43.0 Å². The number of nitrogens with two attached hydrogens (primary N) is 1. The molecule has 4 atom stereocenters. The number of carbonyl (C=O) groups excluding carboxylic acids is 9. The lowest BCUT2D eigenvalue weighted by molar-refractivity contribution is -0.141. The van der Waals surface area contributed by atoms with E-state index in [2.05, 4.69) is 37.2 Å². The lowest BCUT2D eigenvalue weighted by atomic mass is 10.0. The Hall–Kier alpha value is -5.66. The number of aliphatic hydroxyl groups excluding tert-OH is 1. The first kappa shape index (κ1) is 43.5. The van der Waals surface area contributed by atoms with E-state index in [1.54, 1.807) is 6.92 Å². The third-order valence-corrected chi connectivity index (χ3v) is 7.91. The van der Waals surface area contributed by atoms with Crippen molar-refractivity contribution in [3.05, 3.63) is 35.6 Å². The van der Waals surface area contributed by atoms with E-state index < -0.39 is 116 Å². The maximum atomic E-state index is 14.6. The van der Waals surface area contributed by atoms with Crippen LogP contribution in [-0.2, 0) is 49.6 Å². The molecule has 0 spiro atoms. The number of benzene rings is 1. The van der Waals surface area contributed by atoms with Crippen molar-refractivity contribution in [2.24, 2.45) is 5.73 Å². The van der Waals surface area contributed by atoms with Gasteiger partial charge in [-0.2, -0.15) is 0 Å². The maximum absolute atomic E-state index is 14.6. The fourth-order valence-corrected chi connectivity index (χ4v) is 5.01. The smallest absolute Gasteiger partial charge is 0.245 e. The van der Waals surface area contributed by atoms with E-state index in [-0.39, 0.29) is 50.6 Å². The van der Waals surface area contributed by atoms with Gasteiger partial charge in [0.05, 0.1) is 32.3 Å². The van der Waals surface area contributed by atoms with E-state index in [1.807, 2.05) is 0 Å². The number of rotatable bonds is 9. The number of hydrogen-bond acceptors (Lipinski definition) is 10. The first-order valence-corrected chi connectivity index (χ1v) is 17.0. The van der Waals surface area contributed by atoms with Crippen molar-refractivity contribution in [2.45, 2.75) is 76.6 Å². The zero-order valence-electron chi connectivity index (χ0n) is 29.6. The van der Waals surface area contributed by atoms with Crippen molar-refractivity contribution in [2.75, 3.05) is 39.3 Å². The molecule has 0 aliphatic carbocycles. The normalized spacial score (nSPS) is 21.1. The summed E-state index contributed by atoms with van der Waals surface area (Å²) in [5, 5.41) is 27.2. The Labute approximate surface area is 305 Å². The molecule has 19 nitrogen and oxygen atoms in total. The van der Waals surface area contributed by atoms with Gasteiger partial charge in [0.2, 0.25) is 53.2 Å². The lowest BCUT2D eigenvalue weighted by Crippen LogP contribution is -2.56. The highest BCUT2D eigenvalue weighted by Gasteiger charge is 2.31. The third kappa shape index (κ3) is 16.5. The van der Waals surface area contributed by atoms with E-state index in [9.17, 15) is 52.6 Å².